The van der Waals surface area contributed by atoms with E-state index in [2.05, 4.69) is 20.8 Å². The van der Waals surface area contributed by atoms with Gasteiger partial charge in [0.2, 0.25) is 0 Å². The van der Waals surface area contributed by atoms with E-state index < -0.39 is 10.0 Å². The molecule has 27 heavy (non-hydrogen) atoms. The molecule has 3 rings (SSSR count). The number of halogens is 1. The smallest absolute Gasteiger partial charge is 0.264 e. The summed E-state index contributed by atoms with van der Waals surface area (Å²) in [5, 5.41) is 0. The van der Waals surface area contributed by atoms with Gasteiger partial charge < -0.3 is 9.64 Å². The van der Waals surface area contributed by atoms with Crippen LogP contribution >= 0.6 is 27.7 Å². The molecule has 1 heterocycles. The summed E-state index contributed by atoms with van der Waals surface area (Å²) in [6.07, 6.45) is 0.916. The van der Waals surface area contributed by atoms with E-state index >= 15 is 0 Å². The van der Waals surface area contributed by atoms with Gasteiger partial charge in [0.05, 0.1) is 17.2 Å². The van der Waals surface area contributed by atoms with Gasteiger partial charge in [-0.2, -0.15) is 0 Å². The molecule has 0 saturated heterocycles. The van der Waals surface area contributed by atoms with Gasteiger partial charge in [-0.1, -0.05) is 15.9 Å². The van der Waals surface area contributed by atoms with Gasteiger partial charge >= 0.3 is 0 Å². The Kier molecular flexibility index (Phi) is 6.73. The van der Waals surface area contributed by atoms with E-state index in [1.807, 2.05) is 32.3 Å². The van der Waals surface area contributed by atoms with Crippen LogP contribution in [0.25, 0.3) is 0 Å². The Bertz CT molecular complexity index is 886. The van der Waals surface area contributed by atoms with E-state index in [1.54, 1.807) is 36.0 Å². The minimum absolute atomic E-state index is 0.292. The quantitative estimate of drug-likeness (QED) is 0.570. The van der Waals surface area contributed by atoms with Gasteiger partial charge in [0, 0.05) is 34.3 Å². The number of hydrogen-bond donors (Lipinski definition) is 0. The molecule has 0 bridgehead atoms. The molecule has 0 aliphatic carbocycles. The zero-order valence-electron chi connectivity index (χ0n) is 15.4. The molecular weight excluding hydrogens is 448 g/mol. The van der Waals surface area contributed by atoms with Gasteiger partial charge in [0.15, 0.2) is 0 Å². The summed E-state index contributed by atoms with van der Waals surface area (Å²) in [5.74, 6) is 1.43. The Morgan fingerprint density at radius 2 is 1.93 bits per heavy atom. The van der Waals surface area contributed by atoms with Crippen molar-refractivity contribution in [2.45, 2.75) is 16.2 Å². The van der Waals surface area contributed by atoms with Crippen molar-refractivity contribution < 1.29 is 13.2 Å². The molecule has 8 heteroatoms. The number of ether oxygens (including phenoxy) is 1. The summed E-state index contributed by atoms with van der Waals surface area (Å²) in [7, 11) is 0.449. The van der Waals surface area contributed by atoms with Crippen molar-refractivity contribution in [1.29, 1.82) is 0 Å². The predicted octanol–water partition coefficient (Wildman–Crippen LogP) is 4.08. The standard InChI is InChI=1S/C19H23BrN2O3S2/c1-21(2)10-3-12-25-16-6-9-19-18(14-16)22(11-13-26-19)27(23,24)17-7-4-15(20)5-8-17/h4-9,14H,3,10-13H2,1-2H3. The first-order chi connectivity index (χ1) is 12.9. The second-order valence-electron chi connectivity index (χ2n) is 6.51. The first-order valence-corrected chi connectivity index (χ1v) is 11.9. The molecule has 0 aromatic heterocycles. The molecule has 0 radical (unpaired) electrons. The Morgan fingerprint density at radius 3 is 2.63 bits per heavy atom. The first kappa shape index (κ1) is 20.5. The highest BCUT2D eigenvalue weighted by atomic mass is 79.9. The number of benzene rings is 2. The number of anilines is 1. The second kappa shape index (κ2) is 8.86. The summed E-state index contributed by atoms with van der Waals surface area (Å²) >= 11 is 5.02. The minimum Gasteiger partial charge on any atom is -0.493 e. The zero-order valence-corrected chi connectivity index (χ0v) is 18.6. The molecule has 0 saturated carbocycles. The normalized spacial score (nSPS) is 14.3. The van der Waals surface area contributed by atoms with Gasteiger partial charge in [-0.05, 0) is 56.9 Å². The van der Waals surface area contributed by atoms with E-state index in [1.165, 1.54) is 4.31 Å². The van der Waals surface area contributed by atoms with Crippen LogP contribution in [0, 0.1) is 0 Å². The van der Waals surface area contributed by atoms with Crippen molar-refractivity contribution >= 4 is 43.4 Å². The van der Waals surface area contributed by atoms with E-state index in [0.29, 0.717) is 29.5 Å². The first-order valence-electron chi connectivity index (χ1n) is 8.70. The third-order valence-electron chi connectivity index (χ3n) is 4.17. The number of sulfonamides is 1. The van der Waals surface area contributed by atoms with Crippen molar-refractivity contribution in [1.82, 2.24) is 4.90 Å². The van der Waals surface area contributed by atoms with Crippen LogP contribution in [0.1, 0.15) is 6.42 Å². The second-order valence-corrected chi connectivity index (χ2v) is 10.4. The van der Waals surface area contributed by atoms with Gasteiger partial charge in [-0.3, -0.25) is 4.31 Å². The Morgan fingerprint density at radius 1 is 1.19 bits per heavy atom. The fourth-order valence-electron chi connectivity index (χ4n) is 2.82. The molecule has 0 amide bonds. The van der Waals surface area contributed by atoms with Gasteiger partial charge in [-0.25, -0.2) is 8.42 Å². The average molecular weight is 471 g/mol. The van der Waals surface area contributed by atoms with Crippen LogP contribution in [0.3, 0.4) is 0 Å². The summed E-state index contributed by atoms with van der Waals surface area (Å²) in [5.41, 5.74) is 0.694. The molecule has 2 aromatic carbocycles. The monoisotopic (exact) mass is 470 g/mol. The van der Waals surface area contributed by atoms with Gasteiger partial charge in [-0.15, -0.1) is 11.8 Å². The molecule has 1 aliphatic rings. The van der Waals surface area contributed by atoms with Crippen LogP contribution in [0.5, 0.6) is 5.75 Å². The van der Waals surface area contributed by atoms with Crippen LogP contribution in [0.2, 0.25) is 0 Å². The van der Waals surface area contributed by atoms with E-state index in [4.69, 9.17) is 4.74 Å². The van der Waals surface area contributed by atoms with E-state index in [-0.39, 0.29) is 0 Å². The summed E-state index contributed by atoms with van der Waals surface area (Å²) in [4.78, 5) is 3.36. The average Bonchev–Trinajstić information content (AvgIpc) is 2.65. The largest absolute Gasteiger partial charge is 0.493 e. The molecule has 5 nitrogen and oxygen atoms in total. The summed E-state index contributed by atoms with van der Waals surface area (Å²) < 4.78 is 34.5. The van der Waals surface area contributed by atoms with Crippen LogP contribution in [0.4, 0.5) is 5.69 Å². The van der Waals surface area contributed by atoms with Crippen molar-refractivity contribution in [3.63, 3.8) is 0 Å². The number of fused-ring (bicyclic) bond motifs is 1. The van der Waals surface area contributed by atoms with Crippen molar-refractivity contribution in [2.75, 3.05) is 43.8 Å². The molecule has 1 aliphatic heterocycles. The maximum Gasteiger partial charge on any atom is 0.264 e. The minimum atomic E-state index is -3.61. The molecule has 2 aromatic rings. The predicted molar refractivity (Wildman–Crippen MR) is 115 cm³/mol. The number of nitrogens with zero attached hydrogens (tertiary/aromatic N) is 2. The number of hydrogen-bond acceptors (Lipinski definition) is 5. The third-order valence-corrected chi connectivity index (χ3v) is 7.57. The lowest BCUT2D eigenvalue weighted by atomic mass is 10.3. The summed E-state index contributed by atoms with van der Waals surface area (Å²) in [6.45, 7) is 1.99. The lowest BCUT2D eigenvalue weighted by Gasteiger charge is -2.30. The van der Waals surface area contributed by atoms with Gasteiger partial charge in [0.1, 0.15) is 5.75 Å². The third kappa shape index (κ3) is 4.99. The highest BCUT2D eigenvalue weighted by Gasteiger charge is 2.29. The Labute approximate surface area is 173 Å². The molecule has 146 valence electrons. The lowest BCUT2D eigenvalue weighted by molar-refractivity contribution is 0.281. The highest BCUT2D eigenvalue weighted by molar-refractivity contribution is 9.10. The number of thioether (sulfide) groups is 1. The topological polar surface area (TPSA) is 49.9 Å². The van der Waals surface area contributed by atoms with Crippen molar-refractivity contribution in [3.8, 4) is 5.75 Å². The molecule has 0 atom stereocenters. The Hall–Kier alpha value is -1.22. The van der Waals surface area contributed by atoms with Crippen LogP contribution in [0.15, 0.2) is 56.7 Å². The van der Waals surface area contributed by atoms with Crippen molar-refractivity contribution in [2.24, 2.45) is 0 Å². The van der Waals surface area contributed by atoms with Crippen LogP contribution in [-0.2, 0) is 10.0 Å². The maximum absolute atomic E-state index is 13.2. The SMILES string of the molecule is CN(C)CCCOc1ccc2c(c1)N(S(=O)(=O)c1ccc(Br)cc1)CCS2. The molecule has 0 fully saturated rings. The lowest BCUT2D eigenvalue weighted by Crippen LogP contribution is -2.35. The van der Waals surface area contributed by atoms with Crippen molar-refractivity contribution in [3.05, 3.63) is 46.9 Å². The van der Waals surface area contributed by atoms with E-state index in [0.717, 1.165) is 28.1 Å². The highest BCUT2D eigenvalue weighted by Crippen LogP contribution is 2.40. The Balaban J connectivity index is 1.84. The molecule has 0 N–H and O–H groups in total. The zero-order chi connectivity index (χ0) is 19.4. The van der Waals surface area contributed by atoms with E-state index in [9.17, 15) is 8.42 Å². The maximum atomic E-state index is 13.2. The molecular formula is C19H23BrN2O3S2. The van der Waals surface area contributed by atoms with Crippen LogP contribution in [-0.4, -0.2) is 52.9 Å². The fraction of sp³-hybridized carbons (Fsp3) is 0.368. The molecule has 0 spiro atoms. The van der Waals surface area contributed by atoms with Crippen LogP contribution < -0.4 is 9.04 Å². The number of rotatable bonds is 7. The summed E-state index contributed by atoms with van der Waals surface area (Å²) in [6, 6.07) is 12.5. The molecule has 0 unspecified atom stereocenters. The fourth-order valence-corrected chi connectivity index (χ4v) is 5.71. The van der Waals surface area contributed by atoms with Gasteiger partial charge in [0.25, 0.3) is 10.0 Å².